The Bertz CT molecular complexity index is 1850. The number of nitro benzene ring substituents is 1. The first-order valence-electron chi connectivity index (χ1n) is 11.5. The third-order valence-corrected chi connectivity index (χ3v) is 6.28. The number of nitriles is 1. The highest BCUT2D eigenvalue weighted by molar-refractivity contribution is 6.33. The van der Waals surface area contributed by atoms with E-state index in [9.17, 15) is 35.2 Å². The van der Waals surface area contributed by atoms with Crippen molar-refractivity contribution < 1.29 is 24.7 Å². The second kappa shape index (κ2) is 9.62. The molecule has 0 saturated carbocycles. The zero-order valence-corrected chi connectivity index (χ0v) is 20.5. The highest BCUT2D eigenvalue weighted by Gasteiger charge is 2.41. The Kier molecular flexibility index (Phi) is 6.13. The van der Waals surface area contributed by atoms with E-state index >= 15 is 0 Å². The average molecular weight is 535 g/mol. The van der Waals surface area contributed by atoms with Crippen LogP contribution in [-0.4, -0.2) is 31.7 Å². The van der Waals surface area contributed by atoms with Crippen molar-refractivity contribution in [3.05, 3.63) is 98.1 Å². The van der Waals surface area contributed by atoms with Gasteiger partial charge in [-0.1, -0.05) is 18.2 Å². The molecule has 40 heavy (non-hydrogen) atoms. The summed E-state index contributed by atoms with van der Waals surface area (Å²) in [5, 5.41) is 53.3. The number of aromatic hydroxyl groups is 2. The first-order chi connectivity index (χ1) is 19.1. The van der Waals surface area contributed by atoms with E-state index in [2.05, 4.69) is 20.5 Å². The van der Waals surface area contributed by atoms with Crippen molar-refractivity contribution in [3.8, 4) is 17.6 Å². The van der Waals surface area contributed by atoms with Gasteiger partial charge in [0, 0.05) is 17.3 Å². The summed E-state index contributed by atoms with van der Waals surface area (Å²) in [7, 11) is 0. The lowest BCUT2D eigenvalue weighted by Gasteiger charge is -2.20. The molecule has 0 radical (unpaired) electrons. The van der Waals surface area contributed by atoms with E-state index in [0.717, 1.165) is 24.3 Å². The zero-order valence-electron chi connectivity index (χ0n) is 20.5. The Balaban J connectivity index is 1.72. The number of fused-ring (bicyclic) bond motifs is 2. The average Bonchev–Trinajstić information content (AvgIpc) is 2.93. The summed E-state index contributed by atoms with van der Waals surface area (Å²) >= 11 is 0. The molecule has 13 heteroatoms. The van der Waals surface area contributed by atoms with E-state index < -0.39 is 55.9 Å². The van der Waals surface area contributed by atoms with Crippen LogP contribution in [0.4, 0.5) is 34.4 Å². The summed E-state index contributed by atoms with van der Waals surface area (Å²) < 4.78 is 0. The van der Waals surface area contributed by atoms with Crippen LogP contribution in [0.2, 0.25) is 0 Å². The van der Waals surface area contributed by atoms with E-state index in [1.165, 1.54) is 0 Å². The smallest absolute Gasteiger partial charge is 0.281 e. The Morgan fingerprint density at radius 1 is 0.950 bits per heavy atom. The number of rotatable bonds is 5. The molecule has 0 atom stereocenters. The fraction of sp³-hybridized carbons (Fsp3) is 0.0370. The van der Waals surface area contributed by atoms with Gasteiger partial charge in [0.15, 0.2) is 5.82 Å². The number of nitrogens with zero attached hydrogens (tertiary/aromatic N) is 5. The molecular formula is C27H17N7O6. The van der Waals surface area contributed by atoms with Crippen LogP contribution in [0.1, 0.15) is 43.0 Å². The Labute approximate surface area is 225 Å². The third kappa shape index (κ3) is 4.02. The molecule has 13 nitrogen and oxygen atoms in total. The van der Waals surface area contributed by atoms with Gasteiger partial charge in [0.05, 0.1) is 32.9 Å². The maximum atomic E-state index is 13.5. The number of benzene rings is 3. The van der Waals surface area contributed by atoms with Crippen molar-refractivity contribution in [2.45, 2.75) is 6.92 Å². The largest absolute Gasteiger partial charge is 0.507 e. The molecule has 1 heterocycles. The molecule has 0 fully saturated rings. The van der Waals surface area contributed by atoms with Gasteiger partial charge < -0.3 is 21.3 Å². The number of para-hydroxylation sites is 1. The van der Waals surface area contributed by atoms with Crippen molar-refractivity contribution in [3.63, 3.8) is 0 Å². The lowest BCUT2D eigenvalue weighted by atomic mass is 9.81. The predicted octanol–water partition coefficient (Wildman–Crippen LogP) is 5.10. The van der Waals surface area contributed by atoms with Gasteiger partial charge in [0.2, 0.25) is 11.6 Å². The molecule has 5 N–H and O–H groups in total. The molecular weight excluding hydrogens is 518 g/mol. The minimum atomic E-state index is -1.04. The highest BCUT2D eigenvalue weighted by Crippen LogP contribution is 2.44. The predicted molar refractivity (Wildman–Crippen MR) is 142 cm³/mol. The van der Waals surface area contributed by atoms with Gasteiger partial charge in [-0.3, -0.25) is 19.7 Å². The summed E-state index contributed by atoms with van der Waals surface area (Å²) in [4.78, 5) is 42.0. The number of phenols is 2. The Morgan fingerprint density at radius 2 is 1.57 bits per heavy atom. The number of nitrogens with two attached hydrogens (primary N) is 1. The minimum Gasteiger partial charge on any atom is -0.507 e. The molecule has 0 bridgehead atoms. The molecule has 0 unspecified atom stereocenters. The van der Waals surface area contributed by atoms with E-state index in [-0.39, 0.29) is 28.6 Å². The standard InChI is InChI=1S/C27H17N7O6/c1-12-14(11-28)26(29)31-27(30-13-5-3-2-4-6-13)23(12)33-32-15-7-8-16(34(39)40)20-19(15)24(37)21-17(35)9-10-18(36)22(21)25(20)38/h2-10,35-36H,1H3,(H3,29,30,31)/b33-32+. The number of nitrogen functional groups attached to an aromatic ring is 1. The van der Waals surface area contributed by atoms with Crippen LogP contribution in [0, 0.1) is 28.4 Å². The molecule has 0 amide bonds. The van der Waals surface area contributed by atoms with Crippen LogP contribution in [0.5, 0.6) is 11.5 Å². The summed E-state index contributed by atoms with van der Waals surface area (Å²) in [5.41, 5.74) is 3.95. The maximum Gasteiger partial charge on any atom is 0.281 e. The van der Waals surface area contributed by atoms with Crippen LogP contribution < -0.4 is 11.1 Å². The molecule has 4 aromatic rings. The van der Waals surface area contributed by atoms with Gasteiger partial charge >= 0.3 is 0 Å². The lowest BCUT2D eigenvalue weighted by molar-refractivity contribution is -0.385. The van der Waals surface area contributed by atoms with Crippen molar-refractivity contribution in [2.75, 3.05) is 11.1 Å². The lowest BCUT2D eigenvalue weighted by Crippen LogP contribution is -2.22. The van der Waals surface area contributed by atoms with Gasteiger partial charge in [0.1, 0.15) is 34.6 Å². The SMILES string of the molecule is Cc1c(C#N)c(N)nc(Nc2ccccc2)c1/N=N/c1ccc([N+](=O)[O-])c2c1C(=O)c1c(O)ccc(O)c1C2=O. The number of pyridine rings is 1. The van der Waals surface area contributed by atoms with E-state index in [4.69, 9.17) is 5.73 Å². The number of carbonyl (C=O) groups is 2. The molecule has 1 aliphatic rings. The first-order valence-corrected chi connectivity index (χ1v) is 11.5. The second-order valence-electron chi connectivity index (χ2n) is 8.62. The fourth-order valence-electron chi connectivity index (χ4n) is 4.40. The van der Waals surface area contributed by atoms with Gasteiger partial charge in [-0.25, -0.2) is 4.98 Å². The zero-order chi connectivity index (χ0) is 28.7. The topological polar surface area (TPSA) is 217 Å². The number of azo groups is 1. The van der Waals surface area contributed by atoms with Crippen LogP contribution in [0.15, 0.2) is 64.8 Å². The van der Waals surface area contributed by atoms with Gasteiger partial charge in [-0.05, 0) is 37.3 Å². The Morgan fingerprint density at radius 3 is 2.17 bits per heavy atom. The number of hydrogen-bond donors (Lipinski definition) is 4. The molecule has 1 aliphatic carbocycles. The van der Waals surface area contributed by atoms with Gasteiger partial charge in [-0.15, -0.1) is 10.2 Å². The first kappa shape index (κ1) is 25.5. The monoisotopic (exact) mass is 535 g/mol. The summed E-state index contributed by atoms with van der Waals surface area (Å²) in [5.74, 6) is -3.15. The summed E-state index contributed by atoms with van der Waals surface area (Å²) in [6, 6.07) is 15.0. The molecule has 0 spiro atoms. The van der Waals surface area contributed by atoms with Crippen molar-refractivity contribution >= 4 is 46.0 Å². The number of hydrogen-bond acceptors (Lipinski definition) is 12. The number of anilines is 3. The molecule has 0 aliphatic heterocycles. The van der Waals surface area contributed by atoms with Crippen LogP contribution in [0.25, 0.3) is 0 Å². The molecule has 0 saturated heterocycles. The minimum absolute atomic E-state index is 0.0406. The number of phenolic OH excluding ortho intramolecular Hbond substituents is 2. The summed E-state index contributed by atoms with van der Waals surface area (Å²) in [6.45, 7) is 1.57. The van der Waals surface area contributed by atoms with Crippen molar-refractivity contribution in [1.82, 2.24) is 4.98 Å². The van der Waals surface area contributed by atoms with Crippen molar-refractivity contribution in [2.24, 2.45) is 10.2 Å². The van der Waals surface area contributed by atoms with Gasteiger partial charge in [0.25, 0.3) is 5.69 Å². The number of carbonyl (C=O) groups excluding carboxylic acids is 2. The molecule has 1 aromatic heterocycles. The fourth-order valence-corrected chi connectivity index (χ4v) is 4.40. The Hall–Kier alpha value is -6.16. The molecule has 196 valence electrons. The number of ketones is 2. The number of nitrogens with one attached hydrogen (secondary N) is 1. The van der Waals surface area contributed by atoms with Crippen LogP contribution >= 0.6 is 0 Å². The summed E-state index contributed by atoms with van der Waals surface area (Å²) in [6.07, 6.45) is 0. The second-order valence-corrected chi connectivity index (χ2v) is 8.62. The van der Waals surface area contributed by atoms with Gasteiger partial charge in [-0.2, -0.15) is 5.26 Å². The van der Waals surface area contributed by atoms with Crippen LogP contribution in [-0.2, 0) is 0 Å². The third-order valence-electron chi connectivity index (χ3n) is 6.28. The quantitative estimate of drug-likeness (QED) is 0.101. The number of aromatic nitrogens is 1. The molecule has 3 aromatic carbocycles. The van der Waals surface area contributed by atoms with E-state index in [0.29, 0.717) is 11.3 Å². The van der Waals surface area contributed by atoms with Crippen molar-refractivity contribution in [1.29, 1.82) is 5.26 Å². The van der Waals surface area contributed by atoms with E-state index in [1.54, 1.807) is 31.2 Å². The molecule has 5 rings (SSSR count). The maximum absolute atomic E-state index is 13.5. The number of nitro groups is 1. The highest BCUT2D eigenvalue weighted by atomic mass is 16.6. The normalized spacial score (nSPS) is 12.1. The van der Waals surface area contributed by atoms with Crippen LogP contribution in [0.3, 0.4) is 0 Å². The van der Waals surface area contributed by atoms with E-state index in [1.807, 2.05) is 12.1 Å².